The molecular formula is C21H30N4O3S. The van der Waals surface area contributed by atoms with Gasteiger partial charge in [-0.3, -0.25) is 0 Å². The normalized spacial score (nSPS) is 12.2. The summed E-state index contributed by atoms with van der Waals surface area (Å²) in [6.45, 7) is 3.40. The highest BCUT2D eigenvalue weighted by Crippen LogP contribution is 2.29. The van der Waals surface area contributed by atoms with Crippen LogP contribution in [0.4, 0.5) is 5.82 Å². The van der Waals surface area contributed by atoms with Crippen LogP contribution in [0.5, 0.6) is 0 Å². The molecule has 0 atom stereocenters. The number of rotatable bonds is 11. The smallest absolute Gasteiger partial charge is 0.152 e. The number of sulfone groups is 1. The summed E-state index contributed by atoms with van der Waals surface area (Å²) < 4.78 is 30.3. The first-order valence-electron chi connectivity index (χ1n) is 10.2. The number of nitrogen functional groups attached to an aromatic ring is 1. The van der Waals surface area contributed by atoms with Crippen molar-refractivity contribution >= 4 is 37.6 Å². The van der Waals surface area contributed by atoms with Gasteiger partial charge in [0.1, 0.15) is 21.2 Å². The van der Waals surface area contributed by atoms with E-state index in [-0.39, 0.29) is 12.4 Å². The largest absolute Gasteiger partial charge is 0.382 e. The maximum absolute atomic E-state index is 11.3. The van der Waals surface area contributed by atoms with Crippen LogP contribution >= 0.6 is 0 Å². The van der Waals surface area contributed by atoms with Crippen LogP contribution in [0.15, 0.2) is 24.3 Å². The lowest BCUT2D eigenvalue weighted by Crippen LogP contribution is -2.14. The van der Waals surface area contributed by atoms with Crippen molar-refractivity contribution in [3.63, 3.8) is 0 Å². The molecule has 0 aliphatic rings. The molecule has 2 aromatic heterocycles. The highest BCUT2D eigenvalue weighted by atomic mass is 32.2. The minimum Gasteiger partial charge on any atom is -0.382 e. The van der Waals surface area contributed by atoms with Gasteiger partial charge in [0.25, 0.3) is 0 Å². The van der Waals surface area contributed by atoms with Gasteiger partial charge >= 0.3 is 0 Å². The number of fused-ring (bicyclic) bond motifs is 3. The molecule has 0 unspecified atom stereocenters. The van der Waals surface area contributed by atoms with E-state index in [4.69, 9.17) is 15.5 Å². The molecule has 0 radical (unpaired) electrons. The van der Waals surface area contributed by atoms with Gasteiger partial charge in [-0.1, -0.05) is 44.4 Å². The number of imidazole rings is 1. The lowest BCUT2D eigenvalue weighted by molar-refractivity contribution is 0.140. The Kier molecular flexibility index (Phi) is 7.08. The van der Waals surface area contributed by atoms with Crippen LogP contribution in [0, 0.1) is 0 Å². The maximum atomic E-state index is 11.3. The number of nitrogens with zero attached hydrogens (tertiary/aromatic N) is 3. The fourth-order valence-corrected chi connectivity index (χ4v) is 3.94. The Morgan fingerprint density at radius 1 is 1.10 bits per heavy atom. The summed E-state index contributed by atoms with van der Waals surface area (Å²) in [6.07, 6.45) is 6.71. The van der Waals surface area contributed by atoms with Crippen LogP contribution in [0.1, 0.15) is 38.4 Å². The third-order valence-corrected chi connectivity index (χ3v) is 5.91. The molecule has 29 heavy (non-hydrogen) atoms. The van der Waals surface area contributed by atoms with Gasteiger partial charge in [-0.25, -0.2) is 18.4 Å². The zero-order chi connectivity index (χ0) is 20.9. The molecule has 3 rings (SSSR count). The lowest BCUT2D eigenvalue weighted by atomic mass is 10.1. The molecule has 1 aromatic carbocycles. The van der Waals surface area contributed by atoms with Crippen LogP contribution in [-0.2, 0) is 27.5 Å². The van der Waals surface area contributed by atoms with Crippen molar-refractivity contribution in [2.24, 2.45) is 0 Å². The van der Waals surface area contributed by atoms with Gasteiger partial charge < -0.3 is 15.0 Å². The lowest BCUT2D eigenvalue weighted by Gasteiger charge is -2.11. The monoisotopic (exact) mass is 418 g/mol. The number of benzene rings is 1. The first-order chi connectivity index (χ1) is 13.9. The first-order valence-corrected chi connectivity index (χ1v) is 12.3. The van der Waals surface area contributed by atoms with E-state index in [9.17, 15) is 8.42 Å². The highest BCUT2D eigenvalue weighted by molar-refractivity contribution is 7.90. The molecule has 8 heteroatoms. The number of hydrogen-bond donors (Lipinski definition) is 1. The number of nitrogens with two attached hydrogens (primary N) is 1. The van der Waals surface area contributed by atoms with Gasteiger partial charge in [0, 0.05) is 24.6 Å². The average Bonchev–Trinajstić information content (AvgIpc) is 3.04. The number of unbranched alkanes of at least 4 members (excludes halogenated alkanes) is 3. The highest BCUT2D eigenvalue weighted by Gasteiger charge is 2.17. The first kappa shape index (κ1) is 21.5. The second kappa shape index (κ2) is 9.54. The number of ether oxygens (including phenoxy) is 1. The number of hydrogen-bond acceptors (Lipinski definition) is 6. The average molecular weight is 419 g/mol. The molecule has 0 amide bonds. The predicted molar refractivity (Wildman–Crippen MR) is 118 cm³/mol. The topological polar surface area (TPSA) is 100 Å². The van der Waals surface area contributed by atoms with E-state index in [2.05, 4.69) is 16.5 Å². The third-order valence-electron chi connectivity index (χ3n) is 5.00. The van der Waals surface area contributed by atoms with Crippen LogP contribution in [0.25, 0.3) is 21.9 Å². The zero-order valence-corrected chi connectivity index (χ0v) is 18.0. The second-order valence-electron chi connectivity index (χ2n) is 7.44. The molecule has 3 aromatic rings. The Balaban J connectivity index is 1.90. The molecule has 2 N–H and O–H groups in total. The Morgan fingerprint density at radius 3 is 2.66 bits per heavy atom. The summed E-state index contributed by atoms with van der Waals surface area (Å²) in [5.41, 5.74) is 8.77. The maximum Gasteiger partial charge on any atom is 0.152 e. The summed E-state index contributed by atoms with van der Waals surface area (Å²) >= 11 is 0. The molecule has 2 heterocycles. The van der Waals surface area contributed by atoms with Crippen LogP contribution < -0.4 is 5.73 Å². The SMILES string of the molecule is CCCCCCc1nc2c(N)nc3ccccc3c2n1CCOCCS(C)(=O)=O. The van der Waals surface area contributed by atoms with E-state index in [1.54, 1.807) is 0 Å². The summed E-state index contributed by atoms with van der Waals surface area (Å²) in [5, 5.41) is 1.01. The van der Waals surface area contributed by atoms with E-state index in [0.29, 0.717) is 19.0 Å². The molecule has 0 fully saturated rings. The van der Waals surface area contributed by atoms with Crippen LogP contribution in [-0.4, -0.2) is 48.2 Å². The van der Waals surface area contributed by atoms with Gasteiger partial charge in [-0.2, -0.15) is 0 Å². The summed E-state index contributed by atoms with van der Waals surface area (Å²) in [6, 6.07) is 7.92. The summed E-state index contributed by atoms with van der Waals surface area (Å²) in [5.74, 6) is 1.44. The number of aromatic nitrogens is 3. The molecule has 0 aliphatic carbocycles. The predicted octanol–water partition coefficient (Wildman–Crippen LogP) is 3.35. The molecule has 0 aliphatic heterocycles. The molecular weight excluding hydrogens is 388 g/mol. The number of aryl methyl sites for hydroxylation is 1. The molecule has 0 spiro atoms. The molecule has 0 bridgehead atoms. The molecule has 0 saturated carbocycles. The van der Waals surface area contributed by atoms with Gasteiger partial charge in [0.15, 0.2) is 5.82 Å². The van der Waals surface area contributed by atoms with Crippen LogP contribution in [0.3, 0.4) is 0 Å². The van der Waals surface area contributed by atoms with Gasteiger partial charge in [-0.05, 0) is 12.5 Å². The van der Waals surface area contributed by atoms with E-state index in [1.165, 1.54) is 25.5 Å². The van der Waals surface area contributed by atoms with Crippen molar-refractivity contribution < 1.29 is 13.2 Å². The van der Waals surface area contributed by atoms with Crippen molar-refractivity contribution in [1.82, 2.24) is 14.5 Å². The second-order valence-corrected chi connectivity index (χ2v) is 9.70. The Labute approximate surface area is 172 Å². The summed E-state index contributed by atoms with van der Waals surface area (Å²) in [4.78, 5) is 9.33. The van der Waals surface area contributed by atoms with E-state index in [0.717, 1.165) is 40.6 Å². The zero-order valence-electron chi connectivity index (χ0n) is 17.2. The Morgan fingerprint density at radius 2 is 1.90 bits per heavy atom. The van der Waals surface area contributed by atoms with E-state index < -0.39 is 9.84 Å². The van der Waals surface area contributed by atoms with Crippen molar-refractivity contribution in [1.29, 1.82) is 0 Å². The van der Waals surface area contributed by atoms with Crippen molar-refractivity contribution in [3.05, 3.63) is 30.1 Å². The van der Waals surface area contributed by atoms with Crippen molar-refractivity contribution in [3.8, 4) is 0 Å². The summed E-state index contributed by atoms with van der Waals surface area (Å²) in [7, 11) is -3.02. The number of anilines is 1. The van der Waals surface area contributed by atoms with Crippen molar-refractivity contribution in [2.75, 3.05) is 31.0 Å². The van der Waals surface area contributed by atoms with E-state index >= 15 is 0 Å². The Hall–Kier alpha value is -2.19. The fraction of sp³-hybridized carbons (Fsp3) is 0.524. The van der Waals surface area contributed by atoms with Crippen LogP contribution in [0.2, 0.25) is 0 Å². The van der Waals surface area contributed by atoms with E-state index in [1.807, 2.05) is 24.3 Å². The molecule has 158 valence electrons. The van der Waals surface area contributed by atoms with Gasteiger partial charge in [-0.15, -0.1) is 0 Å². The standard InChI is InChI=1S/C21H30N4O3S/c1-3-4-5-6-11-18-24-19-20(16-9-7-8-10-17(16)23-21(19)22)25(18)12-13-28-14-15-29(2,26)27/h7-10H,3-6,11-15H2,1-2H3,(H2,22,23). The van der Waals surface area contributed by atoms with Gasteiger partial charge in [0.05, 0.1) is 30.0 Å². The fourth-order valence-electron chi connectivity index (χ4n) is 3.51. The van der Waals surface area contributed by atoms with Gasteiger partial charge in [0.2, 0.25) is 0 Å². The number of para-hydroxylation sites is 1. The molecule has 0 saturated heterocycles. The van der Waals surface area contributed by atoms with Crippen molar-refractivity contribution in [2.45, 2.75) is 45.6 Å². The Bertz CT molecular complexity index is 1080. The molecule has 7 nitrogen and oxygen atoms in total. The number of pyridine rings is 1. The minimum atomic E-state index is -3.02. The minimum absolute atomic E-state index is 0.0291. The quantitative estimate of drug-likeness (QED) is 0.479. The third kappa shape index (κ3) is 5.45.